The number of nitrogens with one attached hydrogen (secondary N) is 1. The first-order chi connectivity index (χ1) is 9.16. The lowest BCUT2D eigenvalue weighted by Crippen LogP contribution is -2.41. The van der Waals surface area contributed by atoms with Crippen molar-refractivity contribution in [2.75, 3.05) is 0 Å². The molecule has 1 N–H and O–H groups in total. The number of halogens is 1. The van der Waals surface area contributed by atoms with Crippen LogP contribution >= 0.6 is 0 Å². The lowest BCUT2D eigenvalue weighted by Gasteiger charge is -2.29. The summed E-state index contributed by atoms with van der Waals surface area (Å²) in [4.78, 5) is 12.2. The summed E-state index contributed by atoms with van der Waals surface area (Å²) in [5.74, 6) is -0.491. The van der Waals surface area contributed by atoms with Gasteiger partial charge in [-0.2, -0.15) is 5.26 Å². The maximum absolute atomic E-state index is 12.8. The minimum atomic E-state index is -0.863. The van der Waals surface area contributed by atoms with E-state index < -0.39 is 5.41 Å². The number of nitrogens with zero attached hydrogens (tertiary/aromatic N) is 1. The second kappa shape index (κ2) is 5.83. The Balaban J connectivity index is 1.96. The molecule has 1 aromatic rings. The third-order valence-corrected chi connectivity index (χ3v) is 3.72. The van der Waals surface area contributed by atoms with Gasteiger partial charge in [-0.25, -0.2) is 4.39 Å². The molecule has 0 heterocycles. The molecule has 0 aliphatic heterocycles. The average molecular weight is 260 g/mol. The third-order valence-electron chi connectivity index (χ3n) is 3.72. The van der Waals surface area contributed by atoms with Crippen LogP contribution in [0.3, 0.4) is 0 Å². The molecule has 1 aromatic carbocycles. The zero-order valence-electron chi connectivity index (χ0n) is 10.8. The molecule has 2 rings (SSSR count). The van der Waals surface area contributed by atoms with E-state index in [9.17, 15) is 14.4 Å². The molecule has 0 radical (unpaired) electrons. The molecule has 0 atom stereocenters. The van der Waals surface area contributed by atoms with E-state index in [1.165, 1.54) is 12.1 Å². The van der Waals surface area contributed by atoms with E-state index >= 15 is 0 Å². The van der Waals surface area contributed by atoms with Gasteiger partial charge in [-0.3, -0.25) is 4.79 Å². The number of benzene rings is 1. The molecule has 1 fully saturated rings. The van der Waals surface area contributed by atoms with Gasteiger partial charge in [0.2, 0.25) is 5.91 Å². The Labute approximate surface area is 112 Å². The summed E-state index contributed by atoms with van der Waals surface area (Å²) in [5.41, 5.74) is -0.0307. The van der Waals surface area contributed by atoms with Crippen molar-refractivity contribution in [3.8, 4) is 6.07 Å². The normalized spacial score (nSPS) is 17.5. The van der Waals surface area contributed by atoms with Gasteiger partial charge in [0, 0.05) is 6.54 Å². The van der Waals surface area contributed by atoms with Crippen LogP contribution in [0, 0.1) is 22.6 Å². The molecule has 4 heteroatoms. The molecule has 0 bridgehead atoms. The SMILES string of the molecule is N#CC1(C(=O)NCc2ccc(F)cc2)CCCCC1. The van der Waals surface area contributed by atoms with Crippen LogP contribution in [0.25, 0.3) is 0 Å². The van der Waals surface area contributed by atoms with Gasteiger partial charge in [-0.05, 0) is 30.5 Å². The molecule has 1 saturated carbocycles. The third kappa shape index (κ3) is 3.11. The number of rotatable bonds is 3. The lowest BCUT2D eigenvalue weighted by molar-refractivity contribution is -0.129. The van der Waals surface area contributed by atoms with Gasteiger partial charge < -0.3 is 5.32 Å². The second-order valence-electron chi connectivity index (χ2n) is 5.06. The van der Waals surface area contributed by atoms with Crippen LogP contribution < -0.4 is 5.32 Å². The number of carbonyl (C=O) groups is 1. The van der Waals surface area contributed by atoms with Crippen LogP contribution in [0.5, 0.6) is 0 Å². The molecule has 0 spiro atoms. The minimum Gasteiger partial charge on any atom is -0.351 e. The topological polar surface area (TPSA) is 52.9 Å². The number of hydrogen-bond donors (Lipinski definition) is 1. The fourth-order valence-electron chi connectivity index (χ4n) is 2.50. The Bertz CT molecular complexity index is 484. The standard InChI is InChI=1S/C15H17FN2O/c16-13-6-4-12(5-7-13)10-18-14(19)15(11-17)8-2-1-3-9-15/h4-7H,1-3,8-10H2,(H,18,19). The summed E-state index contributed by atoms with van der Waals surface area (Å²) >= 11 is 0. The predicted molar refractivity (Wildman–Crippen MR) is 69.4 cm³/mol. The Morgan fingerprint density at radius 1 is 1.26 bits per heavy atom. The van der Waals surface area contributed by atoms with Gasteiger partial charge >= 0.3 is 0 Å². The molecule has 1 amide bonds. The Kier molecular flexibility index (Phi) is 4.16. The smallest absolute Gasteiger partial charge is 0.240 e. The van der Waals surface area contributed by atoms with Crippen LogP contribution in [0.4, 0.5) is 4.39 Å². The van der Waals surface area contributed by atoms with Crippen molar-refractivity contribution in [3.63, 3.8) is 0 Å². The van der Waals surface area contributed by atoms with Gasteiger partial charge in [0.15, 0.2) is 0 Å². The number of nitriles is 1. The molecule has 0 unspecified atom stereocenters. The highest BCUT2D eigenvalue weighted by molar-refractivity contribution is 5.85. The minimum absolute atomic E-state index is 0.195. The van der Waals surface area contributed by atoms with Crippen molar-refractivity contribution in [1.29, 1.82) is 5.26 Å². The first kappa shape index (κ1) is 13.5. The monoisotopic (exact) mass is 260 g/mol. The van der Waals surface area contributed by atoms with Crippen LogP contribution in [-0.4, -0.2) is 5.91 Å². The lowest BCUT2D eigenvalue weighted by atomic mass is 9.74. The number of carbonyl (C=O) groups excluding carboxylic acids is 1. The van der Waals surface area contributed by atoms with Crippen molar-refractivity contribution < 1.29 is 9.18 Å². The van der Waals surface area contributed by atoms with Crippen molar-refractivity contribution in [2.24, 2.45) is 5.41 Å². The Morgan fingerprint density at radius 3 is 2.47 bits per heavy atom. The highest BCUT2D eigenvalue weighted by Gasteiger charge is 2.39. The van der Waals surface area contributed by atoms with Crippen LogP contribution in [0.15, 0.2) is 24.3 Å². The predicted octanol–water partition coefficient (Wildman–Crippen LogP) is 2.92. The Morgan fingerprint density at radius 2 is 1.89 bits per heavy atom. The van der Waals surface area contributed by atoms with E-state index in [0.29, 0.717) is 19.4 Å². The second-order valence-corrected chi connectivity index (χ2v) is 5.06. The van der Waals surface area contributed by atoms with Crippen molar-refractivity contribution in [1.82, 2.24) is 5.32 Å². The first-order valence-corrected chi connectivity index (χ1v) is 6.60. The van der Waals surface area contributed by atoms with E-state index in [2.05, 4.69) is 11.4 Å². The van der Waals surface area contributed by atoms with Gasteiger partial charge in [0.25, 0.3) is 0 Å². The summed E-state index contributed by atoms with van der Waals surface area (Å²) in [5, 5.41) is 12.1. The number of hydrogen-bond acceptors (Lipinski definition) is 2. The van der Waals surface area contributed by atoms with Crippen molar-refractivity contribution >= 4 is 5.91 Å². The summed E-state index contributed by atoms with van der Waals surface area (Å²) in [6, 6.07) is 8.19. The van der Waals surface area contributed by atoms with E-state index in [1.807, 2.05) is 0 Å². The molecule has 0 saturated heterocycles. The fourth-order valence-corrected chi connectivity index (χ4v) is 2.50. The van der Waals surface area contributed by atoms with Gasteiger partial charge in [-0.1, -0.05) is 31.4 Å². The van der Waals surface area contributed by atoms with E-state index in [1.54, 1.807) is 12.1 Å². The zero-order chi connectivity index (χ0) is 13.7. The Hall–Kier alpha value is -1.89. The van der Waals surface area contributed by atoms with Gasteiger partial charge in [0.05, 0.1) is 6.07 Å². The quantitative estimate of drug-likeness (QED) is 0.908. The molecule has 1 aliphatic carbocycles. The fraction of sp³-hybridized carbons (Fsp3) is 0.467. The molecule has 0 aromatic heterocycles. The van der Waals surface area contributed by atoms with Gasteiger partial charge in [-0.15, -0.1) is 0 Å². The van der Waals surface area contributed by atoms with E-state index in [0.717, 1.165) is 24.8 Å². The maximum atomic E-state index is 12.8. The largest absolute Gasteiger partial charge is 0.351 e. The summed E-state index contributed by atoms with van der Waals surface area (Å²) in [6.45, 7) is 0.336. The van der Waals surface area contributed by atoms with Crippen molar-refractivity contribution in [2.45, 2.75) is 38.6 Å². The highest BCUT2D eigenvalue weighted by Crippen LogP contribution is 2.35. The summed E-state index contributed by atoms with van der Waals surface area (Å²) < 4.78 is 12.8. The molecule has 1 aliphatic rings. The molecule has 100 valence electrons. The van der Waals surface area contributed by atoms with Crippen molar-refractivity contribution in [3.05, 3.63) is 35.6 Å². The molecular formula is C15H17FN2O. The molecular weight excluding hydrogens is 243 g/mol. The zero-order valence-corrected chi connectivity index (χ0v) is 10.8. The van der Waals surface area contributed by atoms with E-state index in [4.69, 9.17) is 0 Å². The molecule has 3 nitrogen and oxygen atoms in total. The van der Waals surface area contributed by atoms with Crippen LogP contribution in [0.2, 0.25) is 0 Å². The summed E-state index contributed by atoms with van der Waals surface area (Å²) in [6.07, 6.45) is 4.22. The van der Waals surface area contributed by atoms with E-state index in [-0.39, 0.29) is 11.7 Å². The van der Waals surface area contributed by atoms with Crippen LogP contribution in [-0.2, 0) is 11.3 Å². The molecule has 19 heavy (non-hydrogen) atoms. The summed E-state index contributed by atoms with van der Waals surface area (Å²) in [7, 11) is 0. The van der Waals surface area contributed by atoms with Gasteiger partial charge in [0.1, 0.15) is 11.2 Å². The maximum Gasteiger partial charge on any atom is 0.240 e. The van der Waals surface area contributed by atoms with Crippen LogP contribution in [0.1, 0.15) is 37.7 Å². The first-order valence-electron chi connectivity index (χ1n) is 6.60. The highest BCUT2D eigenvalue weighted by atomic mass is 19.1. The average Bonchev–Trinajstić information content (AvgIpc) is 2.47. The number of amides is 1.